The molecule has 1 heterocycles. The lowest BCUT2D eigenvalue weighted by Crippen LogP contribution is -2.52. The number of hydrogen-bond donors (Lipinski definition) is 9. The summed E-state index contributed by atoms with van der Waals surface area (Å²) in [5.74, 6) is -11.9. The Bertz CT molecular complexity index is 1620. The maximum Gasteiger partial charge on any atom is 0.332 e. The van der Waals surface area contributed by atoms with E-state index in [4.69, 9.17) is 14.2 Å². The Hall–Kier alpha value is -6.72. The number of hydrogen-bond acceptors (Lipinski definition) is 15. The Labute approximate surface area is 329 Å². The zero-order valence-electron chi connectivity index (χ0n) is 32.5. The van der Waals surface area contributed by atoms with Gasteiger partial charge in [0.2, 0.25) is 0 Å². The van der Waals surface area contributed by atoms with Crippen LogP contribution in [0.15, 0.2) is 54.6 Å². The molecule has 1 saturated heterocycles. The minimum absolute atomic E-state index is 0.490. The van der Waals surface area contributed by atoms with Crippen LogP contribution in [0.5, 0.6) is 34.5 Å². The van der Waals surface area contributed by atoms with Crippen LogP contribution in [-0.2, 0) is 28.6 Å². The fraction of sp³-hybridized carbons (Fsp3) is 0.385. The lowest BCUT2D eigenvalue weighted by Gasteiger charge is -2.25. The van der Waals surface area contributed by atoms with E-state index >= 15 is 0 Å². The average Bonchev–Trinajstić information content (AvgIpc) is 3.16. The molecule has 1 aliphatic rings. The number of esters is 3. The van der Waals surface area contributed by atoms with Crippen LogP contribution in [0.4, 0.5) is 0 Å². The van der Waals surface area contributed by atoms with Gasteiger partial charge < -0.3 is 60.8 Å². The fourth-order valence-corrected chi connectivity index (χ4v) is 4.16. The number of amides is 3. The number of phenolic OH excluding ortho intramolecular Hbond substituents is 6. The molecule has 0 aliphatic carbocycles. The molecule has 18 nitrogen and oxygen atoms in total. The van der Waals surface area contributed by atoms with E-state index in [1.54, 1.807) is 0 Å². The first-order chi connectivity index (χ1) is 27.0. The molecule has 3 aromatic rings. The van der Waals surface area contributed by atoms with E-state index in [1.165, 1.54) is 37.5 Å². The maximum atomic E-state index is 13.1. The quantitative estimate of drug-likeness (QED) is 0.0980. The summed E-state index contributed by atoms with van der Waals surface area (Å²) in [5, 5.41) is 65.9. The second kappa shape index (κ2) is 24.6. The van der Waals surface area contributed by atoms with Crippen molar-refractivity contribution in [3.63, 3.8) is 0 Å². The normalized spacial score (nSPS) is 16.5. The number of rotatable bonds is 6. The Morgan fingerprint density at radius 1 is 0.474 bits per heavy atom. The van der Waals surface area contributed by atoms with Crippen molar-refractivity contribution >= 4 is 35.6 Å². The number of aromatic hydroxyl groups is 6. The zero-order chi connectivity index (χ0) is 43.2. The second-order valence-electron chi connectivity index (χ2n) is 12.1. The van der Waals surface area contributed by atoms with Gasteiger partial charge in [0.05, 0.1) is 16.7 Å². The molecule has 3 aromatic carbocycles. The number of carbonyl (C=O) groups excluding carboxylic acids is 6. The summed E-state index contributed by atoms with van der Waals surface area (Å²) in [6.07, 6.45) is 3.75. The summed E-state index contributed by atoms with van der Waals surface area (Å²) in [7, 11) is 0. The van der Waals surface area contributed by atoms with Crippen LogP contribution in [0, 0.1) is 0 Å². The van der Waals surface area contributed by atoms with Gasteiger partial charge in [-0.1, -0.05) is 79.0 Å². The lowest BCUT2D eigenvalue weighted by molar-refractivity contribution is -0.160. The monoisotopic (exact) mass is 801 g/mol. The minimum Gasteiger partial charge on any atom is -0.504 e. The first-order valence-electron chi connectivity index (χ1n) is 18.0. The van der Waals surface area contributed by atoms with Gasteiger partial charge in [-0.25, -0.2) is 14.4 Å². The number of benzene rings is 3. The van der Waals surface area contributed by atoms with Crippen LogP contribution >= 0.6 is 0 Å². The molecule has 9 N–H and O–H groups in total. The Balaban J connectivity index is 0.00000165. The predicted molar refractivity (Wildman–Crippen MR) is 204 cm³/mol. The molecule has 312 valence electrons. The van der Waals surface area contributed by atoms with Crippen molar-refractivity contribution in [3.8, 4) is 34.5 Å². The van der Waals surface area contributed by atoms with Crippen LogP contribution < -0.4 is 16.0 Å². The number of carbonyl (C=O) groups is 6. The molecule has 0 bridgehead atoms. The third-order valence-electron chi connectivity index (χ3n) is 6.72. The number of ether oxygens (including phenoxy) is 3. The first-order valence-corrected chi connectivity index (χ1v) is 18.0. The molecule has 18 heteroatoms. The van der Waals surface area contributed by atoms with Crippen molar-refractivity contribution in [3.05, 3.63) is 71.3 Å². The van der Waals surface area contributed by atoms with Gasteiger partial charge in [-0.3, -0.25) is 14.4 Å². The Morgan fingerprint density at radius 2 is 0.684 bits per heavy atom. The van der Waals surface area contributed by atoms with Gasteiger partial charge in [0, 0.05) is 0 Å². The van der Waals surface area contributed by atoms with Gasteiger partial charge in [0.25, 0.3) is 17.7 Å². The summed E-state index contributed by atoms with van der Waals surface area (Å²) in [4.78, 5) is 77.9. The summed E-state index contributed by atoms with van der Waals surface area (Å²) in [6.45, 7) is 9.90. The number of cyclic esters (lactones) is 3. The molecule has 57 heavy (non-hydrogen) atoms. The highest BCUT2D eigenvalue weighted by molar-refractivity contribution is 6.01. The topological polar surface area (TPSA) is 288 Å². The van der Waals surface area contributed by atoms with E-state index in [-0.39, 0.29) is 0 Å². The van der Waals surface area contributed by atoms with E-state index < -0.39 is 125 Å². The van der Waals surface area contributed by atoms with Gasteiger partial charge in [0.1, 0.15) is 19.8 Å². The largest absolute Gasteiger partial charge is 0.504 e. The summed E-state index contributed by atoms with van der Waals surface area (Å²) >= 11 is 0. The molecular weight excluding hydrogens is 750 g/mol. The summed E-state index contributed by atoms with van der Waals surface area (Å²) < 4.78 is 15.3. The highest BCUT2D eigenvalue weighted by Gasteiger charge is 2.34. The van der Waals surface area contributed by atoms with Crippen LogP contribution in [0.2, 0.25) is 0 Å². The van der Waals surface area contributed by atoms with Crippen LogP contribution in [0.1, 0.15) is 91.9 Å². The highest BCUT2D eigenvalue weighted by atomic mass is 16.6. The van der Waals surface area contributed by atoms with Crippen molar-refractivity contribution < 1.29 is 73.6 Å². The number of para-hydroxylation sites is 3. The molecule has 0 radical (unpaired) electrons. The fourth-order valence-electron chi connectivity index (χ4n) is 4.16. The third kappa shape index (κ3) is 14.8. The van der Waals surface area contributed by atoms with Crippen molar-refractivity contribution in [2.45, 2.75) is 78.9 Å². The van der Waals surface area contributed by atoms with E-state index in [0.717, 1.165) is 36.4 Å². The molecule has 3 atom stereocenters. The second-order valence-corrected chi connectivity index (χ2v) is 12.1. The van der Waals surface area contributed by atoms with Gasteiger partial charge in [0.15, 0.2) is 52.6 Å². The van der Waals surface area contributed by atoms with Crippen LogP contribution in [0.3, 0.4) is 0 Å². The smallest absolute Gasteiger partial charge is 0.332 e. The standard InChI is InChI=1S/C30H27N3O15.3C3H8/c34-19-7-1-4-13(22(19)37)25(40)31-16-10-46-29(44)18(33-27(42)15-6-3-9-21(36)24(15)39)12-48-30(45)17(11-47-28(16)43)32-26(41)14-5-2-8-20(35)23(14)38;3*1-3-2/h1-9,16-18,34-39H,10-12H2,(H,31,40)(H,32,41)(H,33,42);3*3H2,1-2H3. The van der Waals surface area contributed by atoms with Gasteiger partial charge in [-0.2, -0.15) is 0 Å². The number of nitrogens with one attached hydrogen (secondary N) is 3. The molecular formula is C39H51N3O15. The van der Waals surface area contributed by atoms with Crippen molar-refractivity contribution in [1.29, 1.82) is 0 Å². The average molecular weight is 802 g/mol. The summed E-state index contributed by atoms with van der Waals surface area (Å²) in [6, 6.07) is 4.64. The molecule has 1 fully saturated rings. The molecule has 4 rings (SSSR count). The predicted octanol–water partition coefficient (Wildman–Crippen LogP) is 3.51. The first kappa shape index (κ1) is 48.3. The van der Waals surface area contributed by atoms with E-state index in [9.17, 15) is 59.4 Å². The van der Waals surface area contributed by atoms with Crippen LogP contribution in [0.25, 0.3) is 0 Å². The summed E-state index contributed by atoms with van der Waals surface area (Å²) in [5.41, 5.74) is -1.47. The lowest BCUT2D eigenvalue weighted by atomic mass is 10.1. The SMILES string of the molecule is CCC.CCC.CCC.O=C(NC1COC(=O)C(NC(=O)c2cccc(O)c2O)COC(=O)C(NC(=O)c2cccc(O)c2O)COC1=O)c1cccc(O)c1O. The van der Waals surface area contributed by atoms with Crippen molar-refractivity contribution in [2.75, 3.05) is 19.8 Å². The molecule has 3 unspecified atom stereocenters. The van der Waals surface area contributed by atoms with E-state index in [2.05, 4.69) is 57.5 Å². The molecule has 3 amide bonds. The van der Waals surface area contributed by atoms with Gasteiger partial charge in [-0.05, 0) is 36.4 Å². The van der Waals surface area contributed by atoms with E-state index in [0.29, 0.717) is 0 Å². The molecule has 1 aliphatic heterocycles. The van der Waals surface area contributed by atoms with Gasteiger partial charge in [-0.15, -0.1) is 0 Å². The van der Waals surface area contributed by atoms with E-state index in [1.807, 2.05) is 0 Å². The maximum absolute atomic E-state index is 13.1. The molecule has 0 saturated carbocycles. The Kier molecular flexibility index (Phi) is 20.9. The third-order valence-corrected chi connectivity index (χ3v) is 6.72. The van der Waals surface area contributed by atoms with Crippen molar-refractivity contribution in [2.24, 2.45) is 0 Å². The number of phenols is 6. The highest BCUT2D eigenvalue weighted by Crippen LogP contribution is 2.30. The molecule has 0 spiro atoms. The zero-order valence-corrected chi connectivity index (χ0v) is 32.5. The Morgan fingerprint density at radius 3 is 0.895 bits per heavy atom. The minimum atomic E-state index is -1.84. The van der Waals surface area contributed by atoms with Gasteiger partial charge >= 0.3 is 17.9 Å². The van der Waals surface area contributed by atoms with Crippen LogP contribution in [-0.4, -0.2) is 104 Å². The molecule has 0 aromatic heterocycles. The van der Waals surface area contributed by atoms with Crippen molar-refractivity contribution in [1.82, 2.24) is 16.0 Å².